The molecule has 1 aromatic rings. The average Bonchev–Trinajstić information content (AvgIpc) is 3.44. The number of fused-ring (bicyclic) bond motifs is 1. The van der Waals surface area contributed by atoms with Crippen LogP contribution in [0.2, 0.25) is 0 Å². The quantitative estimate of drug-likeness (QED) is 0.373. The Kier molecular flexibility index (Phi) is 8.72. The second-order valence-electron chi connectivity index (χ2n) is 9.26. The maximum absolute atomic E-state index is 13.8. The molecule has 196 valence electrons. The van der Waals surface area contributed by atoms with Crippen molar-refractivity contribution in [3.63, 3.8) is 0 Å². The van der Waals surface area contributed by atoms with Crippen molar-refractivity contribution in [3.8, 4) is 0 Å². The number of halogens is 3. The number of carboxylic acid groups (broad SMARTS) is 2. The van der Waals surface area contributed by atoms with Crippen molar-refractivity contribution in [1.29, 1.82) is 0 Å². The van der Waals surface area contributed by atoms with Crippen molar-refractivity contribution in [2.24, 2.45) is 17.6 Å². The minimum Gasteiger partial charge on any atom is -0.478 e. The van der Waals surface area contributed by atoms with Gasteiger partial charge in [0.05, 0.1) is 6.04 Å². The molecule has 4 N–H and O–H groups in total. The number of carbonyl (C=O) groups is 4. The van der Waals surface area contributed by atoms with Crippen molar-refractivity contribution in [3.05, 3.63) is 47.3 Å². The summed E-state index contributed by atoms with van der Waals surface area (Å²) in [7, 11) is 0. The zero-order valence-corrected chi connectivity index (χ0v) is 19.4. The van der Waals surface area contributed by atoms with Crippen LogP contribution in [0.1, 0.15) is 31.2 Å². The predicted molar refractivity (Wildman–Crippen MR) is 120 cm³/mol. The molecule has 3 aliphatic rings. The molecule has 9 nitrogen and oxygen atoms in total. The molecule has 0 bridgehead atoms. The summed E-state index contributed by atoms with van der Waals surface area (Å²) < 4.78 is 40.2. The highest BCUT2D eigenvalue weighted by atomic mass is 19.2. The highest BCUT2D eigenvalue weighted by molar-refractivity contribution is 5.89. The molecule has 0 unspecified atom stereocenters. The van der Waals surface area contributed by atoms with Gasteiger partial charge >= 0.3 is 11.9 Å². The van der Waals surface area contributed by atoms with Crippen LogP contribution in [0, 0.1) is 29.3 Å². The van der Waals surface area contributed by atoms with E-state index >= 15 is 0 Å². The number of likely N-dealkylation sites (tertiary alicyclic amines) is 2. The third-order valence-electron chi connectivity index (χ3n) is 6.48. The SMILES string of the molecule is N[C@@H](CC(=O)N1CC[C@@H]2CN(C(=O)C3CC3)C[C@@H]21)Cc1cc(F)c(F)cc1F.O=C(O)/C=C/C(=O)O. The number of hydrogen-bond acceptors (Lipinski definition) is 5. The first-order chi connectivity index (χ1) is 17.0. The van der Waals surface area contributed by atoms with E-state index in [0.717, 1.165) is 25.3 Å². The lowest BCUT2D eigenvalue weighted by atomic mass is 10.0. The van der Waals surface area contributed by atoms with E-state index in [1.54, 1.807) is 4.90 Å². The molecule has 2 amide bonds. The van der Waals surface area contributed by atoms with Gasteiger partial charge in [-0.25, -0.2) is 22.8 Å². The smallest absolute Gasteiger partial charge is 0.328 e. The number of aliphatic carboxylic acids is 2. The number of carboxylic acids is 2. The Morgan fingerprint density at radius 1 is 0.972 bits per heavy atom. The largest absolute Gasteiger partial charge is 0.478 e. The third kappa shape index (κ3) is 7.06. The summed E-state index contributed by atoms with van der Waals surface area (Å²) >= 11 is 0. The Morgan fingerprint density at radius 3 is 2.17 bits per heavy atom. The first kappa shape index (κ1) is 27.2. The first-order valence-corrected chi connectivity index (χ1v) is 11.6. The van der Waals surface area contributed by atoms with Crippen LogP contribution in [0.5, 0.6) is 0 Å². The number of rotatable bonds is 7. The highest BCUT2D eigenvalue weighted by Crippen LogP contribution is 2.37. The second kappa shape index (κ2) is 11.5. The molecule has 4 rings (SSSR count). The van der Waals surface area contributed by atoms with Crippen LogP contribution in [0.25, 0.3) is 0 Å². The number of amides is 2. The van der Waals surface area contributed by atoms with Gasteiger partial charge in [-0.1, -0.05) is 0 Å². The van der Waals surface area contributed by atoms with E-state index in [1.807, 2.05) is 4.90 Å². The zero-order valence-electron chi connectivity index (χ0n) is 19.4. The van der Waals surface area contributed by atoms with E-state index in [2.05, 4.69) is 0 Å². The minimum absolute atomic E-state index is 0.00176. The fourth-order valence-corrected chi connectivity index (χ4v) is 4.60. The summed E-state index contributed by atoms with van der Waals surface area (Å²) in [5.41, 5.74) is 5.96. The summed E-state index contributed by atoms with van der Waals surface area (Å²) in [5.74, 6) is -5.23. The molecule has 2 saturated heterocycles. The number of nitrogens with zero attached hydrogens (tertiary/aromatic N) is 2. The maximum Gasteiger partial charge on any atom is 0.328 e. The normalized spacial score (nSPS) is 21.7. The molecule has 0 aromatic heterocycles. The van der Waals surface area contributed by atoms with E-state index in [-0.39, 0.29) is 42.2 Å². The predicted octanol–water partition coefficient (Wildman–Crippen LogP) is 1.54. The lowest BCUT2D eigenvalue weighted by Crippen LogP contribution is -2.43. The Bertz CT molecular complexity index is 1050. The summed E-state index contributed by atoms with van der Waals surface area (Å²) in [4.78, 5) is 47.8. The molecule has 2 aliphatic heterocycles. The number of nitrogens with two attached hydrogens (primary N) is 1. The zero-order chi connectivity index (χ0) is 26.6. The molecule has 3 atom stereocenters. The van der Waals surface area contributed by atoms with Gasteiger partial charge in [0.1, 0.15) is 5.82 Å². The van der Waals surface area contributed by atoms with E-state index in [4.69, 9.17) is 15.9 Å². The van der Waals surface area contributed by atoms with Crippen LogP contribution in [0.15, 0.2) is 24.3 Å². The molecule has 0 radical (unpaired) electrons. The molecule has 0 spiro atoms. The molecule has 2 heterocycles. The molecule has 12 heteroatoms. The molecule has 1 saturated carbocycles. The third-order valence-corrected chi connectivity index (χ3v) is 6.48. The van der Waals surface area contributed by atoms with Gasteiger partial charge in [0, 0.05) is 62.2 Å². The topological polar surface area (TPSA) is 141 Å². The van der Waals surface area contributed by atoms with Gasteiger partial charge in [-0.15, -0.1) is 0 Å². The van der Waals surface area contributed by atoms with Crippen LogP contribution in [0.4, 0.5) is 13.2 Å². The van der Waals surface area contributed by atoms with Gasteiger partial charge in [-0.2, -0.15) is 0 Å². The lowest BCUT2D eigenvalue weighted by Gasteiger charge is -2.26. The van der Waals surface area contributed by atoms with Crippen LogP contribution in [-0.2, 0) is 25.6 Å². The number of carbonyl (C=O) groups excluding carboxylic acids is 2. The highest BCUT2D eigenvalue weighted by Gasteiger charge is 2.46. The van der Waals surface area contributed by atoms with E-state index in [1.165, 1.54) is 0 Å². The van der Waals surface area contributed by atoms with Gasteiger partial charge in [-0.05, 0) is 37.3 Å². The van der Waals surface area contributed by atoms with Crippen molar-refractivity contribution >= 4 is 23.8 Å². The maximum atomic E-state index is 13.8. The van der Waals surface area contributed by atoms with E-state index in [9.17, 15) is 32.3 Å². The van der Waals surface area contributed by atoms with E-state index in [0.29, 0.717) is 43.8 Å². The van der Waals surface area contributed by atoms with Gasteiger partial charge < -0.3 is 25.7 Å². The van der Waals surface area contributed by atoms with Crippen LogP contribution in [0.3, 0.4) is 0 Å². The first-order valence-electron chi connectivity index (χ1n) is 11.6. The fourth-order valence-electron chi connectivity index (χ4n) is 4.60. The van der Waals surface area contributed by atoms with Crippen LogP contribution in [-0.4, -0.2) is 75.5 Å². The van der Waals surface area contributed by atoms with Gasteiger partial charge in [0.25, 0.3) is 0 Å². The van der Waals surface area contributed by atoms with E-state index < -0.39 is 35.4 Å². The lowest BCUT2D eigenvalue weighted by molar-refractivity contribution is -0.135. The van der Waals surface area contributed by atoms with Gasteiger partial charge in [0.15, 0.2) is 11.6 Å². The Balaban J connectivity index is 0.000000392. The van der Waals surface area contributed by atoms with Gasteiger partial charge in [-0.3, -0.25) is 9.59 Å². The molecular formula is C24H28F3N3O6. The number of hydrogen-bond donors (Lipinski definition) is 3. The van der Waals surface area contributed by atoms with Crippen LogP contribution >= 0.6 is 0 Å². The number of benzene rings is 1. The monoisotopic (exact) mass is 511 g/mol. The fraction of sp³-hybridized carbons (Fsp3) is 0.500. The minimum atomic E-state index is -1.26. The summed E-state index contributed by atoms with van der Waals surface area (Å²) in [6, 6.07) is 0.604. The molecular weight excluding hydrogens is 483 g/mol. The van der Waals surface area contributed by atoms with Crippen molar-refractivity contribution in [2.45, 2.75) is 44.2 Å². The Labute approximate surface area is 205 Å². The standard InChI is InChI=1S/C20H24F3N3O2.C4H4O4/c21-15-8-17(23)16(22)6-13(15)5-14(24)7-19(27)26-4-3-12-9-25(10-18(12)26)20(28)11-1-2-11;5-3(6)1-2-4(7)8/h6,8,11-12,14,18H,1-5,7,9-10,24H2;1-2H,(H,5,6)(H,7,8)/b;2-1+/t12-,14-,18+;/m1./s1. The van der Waals surface area contributed by atoms with Crippen molar-refractivity contribution in [1.82, 2.24) is 9.80 Å². The molecule has 1 aliphatic carbocycles. The second-order valence-corrected chi connectivity index (χ2v) is 9.26. The molecule has 36 heavy (non-hydrogen) atoms. The van der Waals surface area contributed by atoms with Crippen molar-refractivity contribution in [2.75, 3.05) is 19.6 Å². The average molecular weight is 511 g/mol. The summed E-state index contributed by atoms with van der Waals surface area (Å²) in [6.45, 7) is 1.90. The van der Waals surface area contributed by atoms with Crippen LogP contribution < -0.4 is 5.73 Å². The molecule has 3 fully saturated rings. The Hall–Kier alpha value is -3.41. The Morgan fingerprint density at radius 2 is 1.58 bits per heavy atom. The van der Waals surface area contributed by atoms with Crippen molar-refractivity contribution < 1.29 is 42.6 Å². The molecule has 1 aromatic carbocycles. The summed E-state index contributed by atoms with van der Waals surface area (Å²) in [5, 5.41) is 15.6. The summed E-state index contributed by atoms with van der Waals surface area (Å²) in [6.07, 6.45) is 3.84. The van der Waals surface area contributed by atoms with Gasteiger partial charge in [0.2, 0.25) is 11.8 Å².